The van der Waals surface area contributed by atoms with E-state index in [0.29, 0.717) is 13.1 Å². The Morgan fingerprint density at radius 1 is 1.25 bits per heavy atom. The maximum absolute atomic E-state index is 11.7. The van der Waals surface area contributed by atoms with E-state index in [9.17, 15) is 4.79 Å². The summed E-state index contributed by atoms with van der Waals surface area (Å²) in [4.78, 5) is 11.7. The van der Waals surface area contributed by atoms with Gasteiger partial charge in [0.2, 0.25) is 0 Å². The molecule has 0 saturated carbocycles. The fourth-order valence-corrected chi connectivity index (χ4v) is 2.16. The van der Waals surface area contributed by atoms with Crippen LogP contribution in [0, 0.1) is 13.8 Å². The van der Waals surface area contributed by atoms with Crippen LogP contribution < -0.4 is 16.0 Å². The fourth-order valence-electron chi connectivity index (χ4n) is 2.16. The molecule has 1 aromatic heterocycles. The first kappa shape index (κ1) is 14.3. The molecule has 0 aliphatic carbocycles. The van der Waals surface area contributed by atoms with Gasteiger partial charge < -0.3 is 10.5 Å². The molecule has 2 rings (SSSR count). The molecule has 1 aromatic carbocycles. The van der Waals surface area contributed by atoms with E-state index in [0.717, 1.165) is 28.1 Å². The summed E-state index contributed by atoms with van der Waals surface area (Å²) in [5.74, 6) is 0.849. The Balaban J connectivity index is 2.54. The zero-order valence-electron chi connectivity index (χ0n) is 12.0. The molecule has 0 amide bonds. The van der Waals surface area contributed by atoms with Crippen molar-refractivity contribution in [3.8, 4) is 17.0 Å². The van der Waals surface area contributed by atoms with Gasteiger partial charge in [-0.1, -0.05) is 0 Å². The summed E-state index contributed by atoms with van der Waals surface area (Å²) < 4.78 is 6.70. The number of hydrogen-bond donors (Lipinski definition) is 1. The van der Waals surface area contributed by atoms with Gasteiger partial charge in [0.25, 0.3) is 5.56 Å². The highest BCUT2D eigenvalue weighted by atomic mass is 16.5. The Hall–Kier alpha value is -2.14. The third-order valence-electron chi connectivity index (χ3n) is 3.23. The highest BCUT2D eigenvalue weighted by Gasteiger charge is 2.09. The molecule has 0 spiro atoms. The summed E-state index contributed by atoms with van der Waals surface area (Å²) in [7, 11) is 1.65. The van der Waals surface area contributed by atoms with Crippen molar-refractivity contribution in [1.29, 1.82) is 0 Å². The summed E-state index contributed by atoms with van der Waals surface area (Å²) in [5.41, 5.74) is 9.20. The third-order valence-corrected chi connectivity index (χ3v) is 3.23. The predicted octanol–water partition coefficient (Wildman–Crippen LogP) is 1.49. The van der Waals surface area contributed by atoms with Crippen LogP contribution in [0.25, 0.3) is 11.3 Å². The Kier molecular flexibility index (Phi) is 4.20. The monoisotopic (exact) mass is 273 g/mol. The molecule has 2 aromatic rings. The van der Waals surface area contributed by atoms with Crippen molar-refractivity contribution in [2.75, 3.05) is 13.7 Å². The molecule has 0 bridgehead atoms. The normalized spacial score (nSPS) is 10.6. The van der Waals surface area contributed by atoms with Gasteiger partial charge in [-0.2, -0.15) is 5.10 Å². The van der Waals surface area contributed by atoms with Crippen molar-refractivity contribution in [1.82, 2.24) is 9.78 Å². The lowest BCUT2D eigenvalue weighted by Crippen LogP contribution is -2.25. The minimum absolute atomic E-state index is 0.137. The number of aryl methyl sites for hydroxylation is 2. The second-order valence-electron chi connectivity index (χ2n) is 4.71. The molecule has 0 unspecified atom stereocenters. The number of hydrogen-bond acceptors (Lipinski definition) is 4. The van der Waals surface area contributed by atoms with Gasteiger partial charge >= 0.3 is 0 Å². The molecule has 0 atom stereocenters. The average molecular weight is 273 g/mol. The number of nitrogens with two attached hydrogens (primary N) is 1. The number of rotatable bonds is 4. The Morgan fingerprint density at radius 2 is 2.00 bits per heavy atom. The Bertz CT molecular complexity index is 677. The van der Waals surface area contributed by atoms with Crippen molar-refractivity contribution >= 4 is 0 Å². The van der Waals surface area contributed by atoms with Gasteiger partial charge in [0.05, 0.1) is 19.3 Å². The molecule has 20 heavy (non-hydrogen) atoms. The summed E-state index contributed by atoms with van der Waals surface area (Å²) in [5, 5.41) is 4.37. The number of aromatic nitrogens is 2. The van der Waals surface area contributed by atoms with E-state index in [1.807, 2.05) is 26.0 Å². The second kappa shape index (κ2) is 5.88. The molecule has 5 heteroatoms. The molecule has 0 saturated heterocycles. The number of nitrogens with zero attached hydrogens (tertiary/aromatic N) is 2. The maximum Gasteiger partial charge on any atom is 0.266 e. The second-order valence-corrected chi connectivity index (χ2v) is 4.71. The van der Waals surface area contributed by atoms with Gasteiger partial charge in [0.15, 0.2) is 0 Å². The van der Waals surface area contributed by atoms with Crippen molar-refractivity contribution in [2.45, 2.75) is 20.4 Å². The van der Waals surface area contributed by atoms with Crippen molar-refractivity contribution in [3.05, 3.63) is 45.7 Å². The van der Waals surface area contributed by atoms with Crippen LogP contribution in [0.1, 0.15) is 11.1 Å². The molecule has 1 heterocycles. The lowest BCUT2D eigenvalue weighted by atomic mass is 10.0. The lowest BCUT2D eigenvalue weighted by Gasteiger charge is -2.12. The van der Waals surface area contributed by atoms with E-state index < -0.39 is 0 Å². The van der Waals surface area contributed by atoms with Crippen LogP contribution in [0.4, 0.5) is 0 Å². The number of benzene rings is 1. The Labute approximate surface area is 118 Å². The van der Waals surface area contributed by atoms with Crippen molar-refractivity contribution in [2.24, 2.45) is 5.73 Å². The quantitative estimate of drug-likeness (QED) is 0.916. The van der Waals surface area contributed by atoms with Gasteiger partial charge in [0, 0.05) is 18.2 Å². The maximum atomic E-state index is 11.7. The van der Waals surface area contributed by atoms with Crippen LogP contribution in [-0.2, 0) is 6.54 Å². The Morgan fingerprint density at radius 3 is 2.65 bits per heavy atom. The van der Waals surface area contributed by atoms with Gasteiger partial charge in [-0.25, -0.2) is 4.68 Å². The van der Waals surface area contributed by atoms with Crippen LogP contribution in [0.15, 0.2) is 29.1 Å². The van der Waals surface area contributed by atoms with E-state index in [2.05, 4.69) is 5.10 Å². The van der Waals surface area contributed by atoms with E-state index in [1.54, 1.807) is 13.2 Å². The van der Waals surface area contributed by atoms with Gasteiger partial charge in [0.1, 0.15) is 5.75 Å². The molecule has 0 aliphatic rings. The number of methoxy groups -OCH3 is 1. The minimum atomic E-state index is -0.137. The van der Waals surface area contributed by atoms with Crippen LogP contribution >= 0.6 is 0 Å². The predicted molar refractivity (Wildman–Crippen MR) is 79.0 cm³/mol. The highest BCUT2D eigenvalue weighted by molar-refractivity contribution is 5.65. The standard InChI is InChI=1S/C15H19N3O2/c1-10-9-14(20-3)11(2)8-12(10)13-4-5-15(19)18(17-13)7-6-16/h4-5,8-9H,6-7,16H2,1-3H3. The van der Waals surface area contributed by atoms with Crippen LogP contribution in [0.2, 0.25) is 0 Å². The molecule has 0 radical (unpaired) electrons. The first-order valence-corrected chi connectivity index (χ1v) is 6.50. The molecule has 0 aliphatic heterocycles. The molecule has 106 valence electrons. The van der Waals surface area contributed by atoms with E-state index in [1.165, 1.54) is 10.7 Å². The van der Waals surface area contributed by atoms with Gasteiger partial charge in [-0.05, 0) is 43.2 Å². The van der Waals surface area contributed by atoms with E-state index >= 15 is 0 Å². The third kappa shape index (κ3) is 2.72. The molecular formula is C15H19N3O2. The van der Waals surface area contributed by atoms with Crippen LogP contribution in [0.3, 0.4) is 0 Å². The summed E-state index contributed by atoms with van der Waals surface area (Å²) in [6.45, 7) is 4.78. The number of ether oxygens (including phenoxy) is 1. The largest absolute Gasteiger partial charge is 0.496 e. The SMILES string of the molecule is COc1cc(C)c(-c2ccc(=O)n(CCN)n2)cc1C. The van der Waals surface area contributed by atoms with E-state index in [-0.39, 0.29) is 5.56 Å². The van der Waals surface area contributed by atoms with Crippen molar-refractivity contribution in [3.63, 3.8) is 0 Å². The van der Waals surface area contributed by atoms with Crippen molar-refractivity contribution < 1.29 is 4.74 Å². The summed E-state index contributed by atoms with van der Waals surface area (Å²) in [6, 6.07) is 7.26. The molecule has 0 fully saturated rings. The van der Waals surface area contributed by atoms with Crippen LogP contribution in [-0.4, -0.2) is 23.4 Å². The zero-order chi connectivity index (χ0) is 14.7. The topological polar surface area (TPSA) is 70.1 Å². The molecular weight excluding hydrogens is 254 g/mol. The van der Waals surface area contributed by atoms with Gasteiger partial charge in [-0.15, -0.1) is 0 Å². The first-order chi connectivity index (χ1) is 9.56. The fraction of sp³-hybridized carbons (Fsp3) is 0.333. The highest BCUT2D eigenvalue weighted by Crippen LogP contribution is 2.28. The molecule has 5 nitrogen and oxygen atoms in total. The average Bonchev–Trinajstić information content (AvgIpc) is 2.43. The first-order valence-electron chi connectivity index (χ1n) is 6.50. The minimum Gasteiger partial charge on any atom is -0.496 e. The summed E-state index contributed by atoms with van der Waals surface area (Å²) in [6.07, 6.45) is 0. The van der Waals surface area contributed by atoms with E-state index in [4.69, 9.17) is 10.5 Å². The molecule has 2 N–H and O–H groups in total. The smallest absolute Gasteiger partial charge is 0.266 e. The zero-order valence-corrected chi connectivity index (χ0v) is 12.0. The van der Waals surface area contributed by atoms with Crippen LogP contribution in [0.5, 0.6) is 5.75 Å². The summed E-state index contributed by atoms with van der Waals surface area (Å²) >= 11 is 0. The van der Waals surface area contributed by atoms with Gasteiger partial charge in [-0.3, -0.25) is 4.79 Å². The lowest BCUT2D eigenvalue weighted by molar-refractivity contribution is 0.411.